The van der Waals surface area contributed by atoms with Crippen molar-refractivity contribution in [3.8, 4) is 5.75 Å². The van der Waals surface area contributed by atoms with E-state index in [4.69, 9.17) is 30.5 Å². The van der Waals surface area contributed by atoms with Gasteiger partial charge < -0.3 is 29.4 Å². The zero-order valence-electron chi connectivity index (χ0n) is 15.7. The Morgan fingerprint density at radius 3 is 2.59 bits per heavy atom. The van der Waals surface area contributed by atoms with Gasteiger partial charge in [0.1, 0.15) is 30.1 Å². The topological polar surface area (TPSA) is 86.3 Å². The fourth-order valence-corrected chi connectivity index (χ4v) is 3.71. The van der Waals surface area contributed by atoms with Crippen molar-refractivity contribution in [1.82, 2.24) is 5.32 Å². The van der Waals surface area contributed by atoms with E-state index in [1.165, 1.54) is 6.92 Å². The summed E-state index contributed by atoms with van der Waals surface area (Å²) >= 11 is 6.18. The highest BCUT2D eigenvalue weighted by Crippen LogP contribution is 2.35. The fourth-order valence-electron chi connectivity index (χ4n) is 3.53. The first-order valence-electron chi connectivity index (χ1n) is 9.37. The van der Waals surface area contributed by atoms with Gasteiger partial charge in [0.2, 0.25) is 12.2 Å². The monoisotopic (exact) mass is 419 g/mol. The minimum Gasteiger partial charge on any atom is -0.461 e. The van der Waals surface area contributed by atoms with Crippen LogP contribution in [0.15, 0.2) is 54.6 Å². The second-order valence-electron chi connectivity index (χ2n) is 6.98. The molecular weight excluding hydrogens is 398 g/mol. The minimum absolute atomic E-state index is 0.205. The van der Waals surface area contributed by atoms with Gasteiger partial charge >= 0.3 is 0 Å². The summed E-state index contributed by atoms with van der Waals surface area (Å²) in [6, 6.07) is 15.5. The molecule has 0 bridgehead atoms. The van der Waals surface area contributed by atoms with Crippen molar-refractivity contribution in [1.29, 1.82) is 0 Å². The SMILES string of the molecule is CC(=O)NC1C(Oc2ccccc2Cl)OC2COC(c3ccccc3)OC2C1O. The van der Waals surface area contributed by atoms with Gasteiger partial charge in [0, 0.05) is 12.5 Å². The Morgan fingerprint density at radius 1 is 1.14 bits per heavy atom. The van der Waals surface area contributed by atoms with Gasteiger partial charge in [-0.2, -0.15) is 0 Å². The van der Waals surface area contributed by atoms with Gasteiger partial charge in [-0.05, 0) is 12.1 Å². The molecule has 154 valence electrons. The number of para-hydroxylation sites is 1. The van der Waals surface area contributed by atoms with E-state index in [0.29, 0.717) is 10.8 Å². The zero-order valence-corrected chi connectivity index (χ0v) is 16.5. The summed E-state index contributed by atoms with van der Waals surface area (Å²) in [5.41, 5.74) is 0.837. The van der Waals surface area contributed by atoms with Gasteiger partial charge in [-0.25, -0.2) is 0 Å². The van der Waals surface area contributed by atoms with Crippen LogP contribution >= 0.6 is 11.6 Å². The molecule has 0 aliphatic carbocycles. The lowest BCUT2D eigenvalue weighted by Gasteiger charge is -2.47. The molecule has 8 heteroatoms. The van der Waals surface area contributed by atoms with Gasteiger partial charge in [-0.1, -0.05) is 54.1 Å². The Hall–Kier alpha value is -2.16. The number of aliphatic hydroxyl groups excluding tert-OH is 1. The first kappa shape index (κ1) is 20.1. The summed E-state index contributed by atoms with van der Waals surface area (Å²) in [6.45, 7) is 1.57. The van der Waals surface area contributed by atoms with E-state index in [1.54, 1.807) is 24.3 Å². The number of benzene rings is 2. The molecule has 1 amide bonds. The molecule has 2 aliphatic rings. The Kier molecular flexibility index (Phi) is 6.03. The fraction of sp³-hybridized carbons (Fsp3) is 0.381. The molecule has 2 fully saturated rings. The third kappa shape index (κ3) is 4.39. The molecule has 0 saturated carbocycles. The van der Waals surface area contributed by atoms with Crippen LogP contribution in [-0.4, -0.2) is 48.3 Å². The summed E-state index contributed by atoms with van der Waals surface area (Å²) in [4.78, 5) is 11.7. The maximum atomic E-state index is 11.7. The number of ether oxygens (including phenoxy) is 4. The highest BCUT2D eigenvalue weighted by Gasteiger charge is 2.50. The van der Waals surface area contributed by atoms with Crippen LogP contribution in [0.1, 0.15) is 18.8 Å². The summed E-state index contributed by atoms with van der Waals surface area (Å²) in [7, 11) is 0. The van der Waals surface area contributed by atoms with Crippen LogP contribution in [0.3, 0.4) is 0 Å². The Balaban J connectivity index is 1.55. The van der Waals surface area contributed by atoms with E-state index >= 15 is 0 Å². The molecule has 4 rings (SSSR count). The van der Waals surface area contributed by atoms with Crippen LogP contribution in [0.2, 0.25) is 5.02 Å². The number of fused-ring (bicyclic) bond motifs is 1. The number of halogens is 1. The number of aliphatic hydroxyl groups is 1. The van der Waals surface area contributed by atoms with E-state index in [0.717, 1.165) is 5.56 Å². The first-order valence-corrected chi connectivity index (χ1v) is 9.74. The average Bonchev–Trinajstić information content (AvgIpc) is 2.73. The van der Waals surface area contributed by atoms with Crippen molar-refractivity contribution in [2.24, 2.45) is 0 Å². The summed E-state index contributed by atoms with van der Waals surface area (Å²) in [6.07, 6.45) is -3.93. The number of hydrogen-bond donors (Lipinski definition) is 2. The van der Waals surface area contributed by atoms with Crippen molar-refractivity contribution >= 4 is 17.5 Å². The van der Waals surface area contributed by atoms with Crippen molar-refractivity contribution in [2.45, 2.75) is 43.9 Å². The van der Waals surface area contributed by atoms with Crippen LogP contribution in [0, 0.1) is 0 Å². The largest absolute Gasteiger partial charge is 0.461 e. The molecule has 2 heterocycles. The third-order valence-electron chi connectivity index (χ3n) is 4.89. The Morgan fingerprint density at radius 2 is 1.86 bits per heavy atom. The molecule has 6 unspecified atom stereocenters. The molecule has 2 aromatic rings. The van der Waals surface area contributed by atoms with Crippen molar-refractivity contribution in [3.63, 3.8) is 0 Å². The van der Waals surface area contributed by atoms with Crippen LogP contribution in [0.25, 0.3) is 0 Å². The molecule has 2 saturated heterocycles. The predicted octanol–water partition coefficient (Wildman–Crippen LogP) is 2.42. The van der Waals surface area contributed by atoms with Crippen LogP contribution in [-0.2, 0) is 19.0 Å². The van der Waals surface area contributed by atoms with E-state index in [-0.39, 0.29) is 12.5 Å². The number of hydrogen-bond acceptors (Lipinski definition) is 6. The molecule has 7 nitrogen and oxygen atoms in total. The van der Waals surface area contributed by atoms with Gasteiger partial charge in [0.15, 0.2) is 6.29 Å². The van der Waals surface area contributed by atoms with Gasteiger partial charge in [0.25, 0.3) is 0 Å². The summed E-state index contributed by atoms with van der Waals surface area (Å²) in [5, 5.41) is 14.1. The highest BCUT2D eigenvalue weighted by molar-refractivity contribution is 6.32. The number of rotatable bonds is 4. The molecule has 2 aromatic carbocycles. The maximum absolute atomic E-state index is 11.7. The van der Waals surface area contributed by atoms with E-state index in [2.05, 4.69) is 5.32 Å². The van der Waals surface area contributed by atoms with Crippen molar-refractivity contribution in [2.75, 3.05) is 6.61 Å². The second kappa shape index (κ2) is 8.69. The van der Waals surface area contributed by atoms with Crippen LogP contribution in [0.5, 0.6) is 5.75 Å². The van der Waals surface area contributed by atoms with E-state index in [1.807, 2.05) is 30.3 Å². The summed E-state index contributed by atoms with van der Waals surface area (Å²) < 4.78 is 23.7. The Labute approximate surface area is 173 Å². The lowest BCUT2D eigenvalue weighted by atomic mass is 9.95. The molecular formula is C21H22ClNO6. The van der Waals surface area contributed by atoms with E-state index in [9.17, 15) is 9.90 Å². The maximum Gasteiger partial charge on any atom is 0.223 e. The third-order valence-corrected chi connectivity index (χ3v) is 5.20. The first-order chi connectivity index (χ1) is 14.0. The highest BCUT2D eigenvalue weighted by atomic mass is 35.5. The molecule has 29 heavy (non-hydrogen) atoms. The van der Waals surface area contributed by atoms with Gasteiger partial charge in [0.05, 0.1) is 11.6 Å². The van der Waals surface area contributed by atoms with Crippen molar-refractivity contribution < 1.29 is 28.8 Å². The quantitative estimate of drug-likeness (QED) is 0.791. The second-order valence-corrected chi connectivity index (χ2v) is 7.39. The number of carbonyl (C=O) groups excluding carboxylic acids is 1. The van der Waals surface area contributed by atoms with Gasteiger partial charge in [-0.3, -0.25) is 4.79 Å². The number of amides is 1. The molecule has 6 atom stereocenters. The molecule has 0 aromatic heterocycles. The summed E-state index contributed by atoms with van der Waals surface area (Å²) in [5.74, 6) is 0.0653. The smallest absolute Gasteiger partial charge is 0.223 e. The van der Waals surface area contributed by atoms with E-state index < -0.39 is 36.9 Å². The number of carbonyl (C=O) groups is 1. The molecule has 2 aliphatic heterocycles. The lowest BCUT2D eigenvalue weighted by Crippen LogP contribution is -2.67. The minimum atomic E-state index is -1.07. The lowest BCUT2D eigenvalue weighted by molar-refractivity contribution is -0.333. The average molecular weight is 420 g/mol. The van der Waals surface area contributed by atoms with Gasteiger partial charge in [-0.15, -0.1) is 0 Å². The Bertz CT molecular complexity index is 850. The molecule has 2 N–H and O–H groups in total. The standard InChI is InChI=1S/C21H22ClNO6/c1-12(24)23-17-18(25)19-16(11-26-20(29-19)13-7-3-2-4-8-13)28-21(17)27-15-10-6-5-9-14(15)22/h2-10,16-21,25H,11H2,1H3,(H,23,24). The number of nitrogens with one attached hydrogen (secondary N) is 1. The van der Waals surface area contributed by atoms with Crippen molar-refractivity contribution in [3.05, 3.63) is 65.2 Å². The molecule has 0 radical (unpaired) electrons. The zero-order chi connectivity index (χ0) is 20.4. The molecule has 0 spiro atoms. The normalized spacial score (nSPS) is 31.6. The van der Waals surface area contributed by atoms with Crippen LogP contribution < -0.4 is 10.1 Å². The van der Waals surface area contributed by atoms with Crippen LogP contribution in [0.4, 0.5) is 0 Å². The predicted molar refractivity (Wildman–Crippen MR) is 104 cm³/mol.